The second-order valence-electron chi connectivity index (χ2n) is 8.69. The van der Waals surface area contributed by atoms with E-state index in [-0.39, 0.29) is 17.5 Å². The van der Waals surface area contributed by atoms with Crippen molar-refractivity contribution >= 4 is 28.9 Å². The zero-order chi connectivity index (χ0) is 23.5. The molecule has 6 nitrogen and oxygen atoms in total. The van der Waals surface area contributed by atoms with Gasteiger partial charge in [0.25, 0.3) is 5.91 Å². The van der Waals surface area contributed by atoms with E-state index in [1.807, 2.05) is 25.1 Å². The van der Waals surface area contributed by atoms with E-state index < -0.39 is 5.97 Å². The van der Waals surface area contributed by atoms with Gasteiger partial charge < -0.3 is 20.2 Å². The van der Waals surface area contributed by atoms with Crippen molar-refractivity contribution in [2.24, 2.45) is 0 Å². The van der Waals surface area contributed by atoms with Crippen molar-refractivity contribution in [3.8, 4) is 0 Å². The number of nitrogens with zero attached hydrogens (tertiary/aromatic N) is 2. The Balaban J connectivity index is 1.59. The maximum absolute atomic E-state index is 12.9. The Morgan fingerprint density at radius 3 is 2.30 bits per heavy atom. The molecule has 1 amide bonds. The average Bonchev–Trinajstić information content (AvgIpc) is 2.79. The molecule has 0 radical (unpaired) electrons. The molecule has 0 bridgehead atoms. The third-order valence-electron chi connectivity index (χ3n) is 6.07. The van der Waals surface area contributed by atoms with Crippen LogP contribution >= 0.6 is 0 Å². The van der Waals surface area contributed by atoms with E-state index in [4.69, 9.17) is 0 Å². The predicted molar refractivity (Wildman–Crippen MR) is 133 cm³/mol. The number of anilines is 3. The van der Waals surface area contributed by atoms with Crippen LogP contribution in [0.5, 0.6) is 0 Å². The van der Waals surface area contributed by atoms with Crippen molar-refractivity contribution in [3.05, 3.63) is 89.0 Å². The zero-order valence-corrected chi connectivity index (χ0v) is 19.2. The van der Waals surface area contributed by atoms with Crippen molar-refractivity contribution in [2.45, 2.75) is 26.8 Å². The van der Waals surface area contributed by atoms with Crippen molar-refractivity contribution < 1.29 is 14.7 Å². The second-order valence-corrected chi connectivity index (χ2v) is 8.69. The summed E-state index contributed by atoms with van der Waals surface area (Å²) >= 11 is 0. The third kappa shape index (κ3) is 5.00. The maximum Gasteiger partial charge on any atom is 0.335 e. The highest BCUT2D eigenvalue weighted by atomic mass is 16.4. The molecule has 1 aliphatic rings. The number of aromatic carboxylic acids is 1. The fraction of sp³-hybridized carbons (Fsp3) is 0.259. The van der Waals surface area contributed by atoms with Crippen molar-refractivity contribution in [1.82, 2.24) is 0 Å². The standard InChI is InChI=1S/C27H29N3O3/c1-18-6-4-8-21(14-18)26(31)28-24-16-22(27(32)33)10-11-25(24)29-12-13-30(20(3)17-29)23-9-5-7-19(2)15-23/h4-11,14-16,20H,12-13,17H2,1-3H3,(H,28,31)(H,32,33)/t20-/m0/s1. The molecule has 6 heteroatoms. The fourth-order valence-electron chi connectivity index (χ4n) is 4.39. The molecule has 33 heavy (non-hydrogen) atoms. The van der Waals surface area contributed by atoms with Gasteiger partial charge in [0.05, 0.1) is 16.9 Å². The first kappa shape index (κ1) is 22.4. The Bertz CT molecular complexity index is 1190. The van der Waals surface area contributed by atoms with Crippen LogP contribution in [0.15, 0.2) is 66.7 Å². The van der Waals surface area contributed by atoms with Crippen molar-refractivity contribution in [2.75, 3.05) is 34.8 Å². The quantitative estimate of drug-likeness (QED) is 0.583. The lowest BCUT2D eigenvalue weighted by molar-refractivity contribution is 0.0696. The fourth-order valence-corrected chi connectivity index (χ4v) is 4.39. The number of hydrogen-bond acceptors (Lipinski definition) is 4. The van der Waals surface area contributed by atoms with Gasteiger partial charge in [0, 0.05) is 36.9 Å². The molecule has 1 heterocycles. The first-order valence-corrected chi connectivity index (χ1v) is 11.2. The molecular weight excluding hydrogens is 414 g/mol. The normalized spacial score (nSPS) is 15.9. The second kappa shape index (κ2) is 9.36. The summed E-state index contributed by atoms with van der Waals surface area (Å²) in [5.74, 6) is -1.28. The number of benzene rings is 3. The number of hydrogen-bond donors (Lipinski definition) is 2. The van der Waals surface area contributed by atoms with E-state index in [0.29, 0.717) is 11.3 Å². The van der Waals surface area contributed by atoms with Gasteiger partial charge in [0.2, 0.25) is 0 Å². The largest absolute Gasteiger partial charge is 0.478 e. The Kier molecular flexibility index (Phi) is 6.36. The molecular formula is C27H29N3O3. The van der Waals surface area contributed by atoms with Crippen molar-refractivity contribution in [1.29, 1.82) is 0 Å². The molecule has 0 aliphatic carbocycles. The molecule has 2 N–H and O–H groups in total. The van der Waals surface area contributed by atoms with Crippen molar-refractivity contribution in [3.63, 3.8) is 0 Å². The number of amides is 1. The Morgan fingerprint density at radius 2 is 1.64 bits per heavy atom. The molecule has 1 aliphatic heterocycles. The Hall–Kier alpha value is -3.80. The van der Waals surface area contributed by atoms with E-state index in [9.17, 15) is 14.7 Å². The maximum atomic E-state index is 12.9. The van der Waals surface area contributed by atoms with Crippen LogP contribution < -0.4 is 15.1 Å². The minimum absolute atomic E-state index is 0.143. The van der Waals surface area contributed by atoms with Gasteiger partial charge in [-0.1, -0.05) is 29.8 Å². The van der Waals surface area contributed by atoms with E-state index in [1.165, 1.54) is 11.3 Å². The molecule has 0 aromatic heterocycles. The highest BCUT2D eigenvalue weighted by Gasteiger charge is 2.26. The number of rotatable bonds is 5. The number of carboxylic acids is 1. The molecule has 3 aromatic carbocycles. The van der Waals surface area contributed by atoms with E-state index in [0.717, 1.165) is 30.9 Å². The minimum Gasteiger partial charge on any atom is -0.478 e. The van der Waals surface area contributed by atoms with Crippen LogP contribution in [0.1, 0.15) is 38.8 Å². The summed E-state index contributed by atoms with van der Waals surface area (Å²) in [7, 11) is 0. The van der Waals surface area contributed by atoms with Gasteiger partial charge in [0.15, 0.2) is 0 Å². The molecule has 170 valence electrons. The lowest BCUT2D eigenvalue weighted by Gasteiger charge is -2.43. The topological polar surface area (TPSA) is 72.9 Å². The van der Waals surface area contributed by atoms with Gasteiger partial charge in [-0.05, 0) is 68.8 Å². The molecule has 1 fully saturated rings. The zero-order valence-electron chi connectivity index (χ0n) is 19.2. The lowest BCUT2D eigenvalue weighted by Crippen LogP contribution is -2.52. The number of carbonyl (C=O) groups is 2. The van der Waals surface area contributed by atoms with Gasteiger partial charge in [0.1, 0.15) is 0 Å². The molecule has 0 spiro atoms. The molecule has 1 saturated heterocycles. The number of aryl methyl sites for hydroxylation is 2. The van der Waals surface area contributed by atoms with Gasteiger partial charge in [-0.2, -0.15) is 0 Å². The van der Waals surface area contributed by atoms with Crippen LogP contribution in [-0.2, 0) is 0 Å². The summed E-state index contributed by atoms with van der Waals surface area (Å²) in [5, 5.41) is 12.4. The first-order valence-electron chi connectivity index (χ1n) is 11.2. The van der Waals surface area contributed by atoms with Crippen LogP contribution in [0.4, 0.5) is 17.1 Å². The van der Waals surface area contributed by atoms with E-state index >= 15 is 0 Å². The van der Waals surface area contributed by atoms with Crippen LogP contribution in [-0.4, -0.2) is 42.7 Å². The van der Waals surface area contributed by atoms with Gasteiger partial charge >= 0.3 is 5.97 Å². The highest BCUT2D eigenvalue weighted by molar-refractivity contribution is 6.07. The summed E-state index contributed by atoms with van der Waals surface area (Å²) in [6.45, 7) is 8.56. The molecule has 0 unspecified atom stereocenters. The summed E-state index contributed by atoms with van der Waals surface area (Å²) in [4.78, 5) is 29.1. The SMILES string of the molecule is Cc1cccc(C(=O)Nc2cc(C(=O)O)ccc2N2CCN(c3cccc(C)c3)[C@@H](C)C2)c1. The van der Waals surface area contributed by atoms with Gasteiger partial charge in [-0.15, -0.1) is 0 Å². The van der Waals surface area contributed by atoms with E-state index in [2.05, 4.69) is 53.2 Å². The van der Waals surface area contributed by atoms with Crippen LogP contribution in [0.25, 0.3) is 0 Å². The Labute approximate surface area is 194 Å². The summed E-state index contributed by atoms with van der Waals surface area (Å²) in [6.07, 6.45) is 0. The number of nitrogens with one attached hydrogen (secondary N) is 1. The van der Waals surface area contributed by atoms with Gasteiger partial charge in [-0.25, -0.2) is 4.79 Å². The summed E-state index contributed by atoms with van der Waals surface area (Å²) in [6, 6.07) is 21.0. The van der Waals surface area contributed by atoms with Crippen LogP contribution in [0.2, 0.25) is 0 Å². The van der Waals surface area contributed by atoms with Crippen LogP contribution in [0.3, 0.4) is 0 Å². The number of piperazine rings is 1. The molecule has 4 rings (SSSR count). The minimum atomic E-state index is -1.02. The Morgan fingerprint density at radius 1 is 0.909 bits per heavy atom. The smallest absolute Gasteiger partial charge is 0.335 e. The monoisotopic (exact) mass is 443 g/mol. The van der Waals surface area contributed by atoms with Gasteiger partial charge in [-0.3, -0.25) is 4.79 Å². The average molecular weight is 444 g/mol. The van der Waals surface area contributed by atoms with E-state index in [1.54, 1.807) is 24.3 Å². The number of carbonyl (C=O) groups excluding carboxylic acids is 1. The molecule has 1 atom stereocenters. The first-order chi connectivity index (χ1) is 15.8. The molecule has 0 saturated carbocycles. The molecule has 3 aromatic rings. The lowest BCUT2D eigenvalue weighted by atomic mass is 10.1. The summed E-state index contributed by atoms with van der Waals surface area (Å²) in [5.41, 5.74) is 5.45. The number of carboxylic acid groups (broad SMARTS) is 1. The predicted octanol–water partition coefficient (Wildman–Crippen LogP) is 4.97. The highest BCUT2D eigenvalue weighted by Crippen LogP contribution is 2.31. The third-order valence-corrected chi connectivity index (χ3v) is 6.07. The summed E-state index contributed by atoms with van der Waals surface area (Å²) < 4.78 is 0. The van der Waals surface area contributed by atoms with Crippen LogP contribution in [0, 0.1) is 13.8 Å².